The minimum atomic E-state index is -4.78. The van der Waals surface area contributed by atoms with Crippen LogP contribution in [0.25, 0.3) is 0 Å². The third kappa shape index (κ3) is 11.0. The van der Waals surface area contributed by atoms with Crippen molar-refractivity contribution in [2.45, 2.75) is 74.6 Å². The van der Waals surface area contributed by atoms with Gasteiger partial charge >= 0.3 is 33.1 Å². The van der Waals surface area contributed by atoms with Crippen LogP contribution in [0.15, 0.2) is 0 Å². The molecule has 1 N–H and O–H groups in total. The fourth-order valence-electron chi connectivity index (χ4n) is 1.65. The molecule has 0 bridgehead atoms. The molecule has 0 aromatic carbocycles. The largest absolute Gasteiger partial charge is 0.438 e. The highest BCUT2D eigenvalue weighted by molar-refractivity contribution is 7.72. The van der Waals surface area contributed by atoms with Gasteiger partial charge in [0.2, 0.25) is 20.4 Å². The van der Waals surface area contributed by atoms with E-state index >= 15 is 0 Å². The molecule has 0 spiro atoms. The normalized spacial score (nSPS) is 15.7. The lowest BCUT2D eigenvalue weighted by Crippen LogP contribution is -2.26. The smallest absolute Gasteiger partial charge is 0.351 e. The lowest BCUT2D eigenvalue weighted by atomic mass is 9.98. The van der Waals surface area contributed by atoms with Gasteiger partial charge in [0.25, 0.3) is 0 Å². The summed E-state index contributed by atoms with van der Waals surface area (Å²) in [5, 5.41) is -1.82. The maximum atomic E-state index is 13.3. The Morgan fingerprint density at radius 3 is 1.18 bits per heavy atom. The van der Waals surface area contributed by atoms with Crippen LogP contribution in [-0.4, -0.2) is 48.6 Å². The molecule has 0 aliphatic heterocycles. The van der Waals surface area contributed by atoms with Crippen LogP contribution in [0.3, 0.4) is 0 Å². The predicted molar refractivity (Wildman–Crippen MR) is 121 cm³/mol. The molecule has 0 radical (unpaired) electrons. The molecule has 2 atom stereocenters. The summed E-state index contributed by atoms with van der Waals surface area (Å²) in [7, 11) is -9.36. The van der Waals surface area contributed by atoms with Crippen LogP contribution in [0, 0.1) is 16.2 Å². The van der Waals surface area contributed by atoms with Gasteiger partial charge in [-0.2, -0.15) is 0 Å². The average molecular weight is 532 g/mol. The van der Waals surface area contributed by atoms with E-state index < -0.39 is 75.1 Å². The van der Waals surface area contributed by atoms with E-state index in [0.717, 1.165) is 6.92 Å². The van der Waals surface area contributed by atoms with E-state index in [2.05, 4.69) is 0 Å². The fraction of sp³-hybridized carbons (Fsp3) is 0.850. The summed E-state index contributed by atoms with van der Waals surface area (Å²) >= 11 is 0. The van der Waals surface area contributed by atoms with Crippen molar-refractivity contribution in [2.24, 2.45) is 16.2 Å². The molecule has 14 heteroatoms. The van der Waals surface area contributed by atoms with Gasteiger partial charge < -0.3 is 19.1 Å². The molecule has 0 saturated heterocycles. The van der Waals surface area contributed by atoms with Gasteiger partial charge in [0.05, 0.1) is 16.2 Å². The van der Waals surface area contributed by atoms with Gasteiger partial charge in [-0.25, -0.2) is 0 Å². The highest BCUT2D eigenvalue weighted by Crippen LogP contribution is 2.67. The number of carbonyl (C=O) groups excluding carboxylic acids is 3. The first kappa shape index (κ1) is 32.7. The maximum Gasteiger partial charge on any atom is 0.351 e. The molecule has 0 heterocycles. The van der Waals surface area contributed by atoms with Crippen molar-refractivity contribution in [2.75, 3.05) is 20.4 Å². The minimum absolute atomic E-state index is 0.691. The monoisotopic (exact) mass is 532 g/mol. The molecular weight excluding hydrogens is 494 g/mol. The molecular formula is C20H38O12P2. The van der Waals surface area contributed by atoms with Crippen molar-refractivity contribution in [3.8, 4) is 0 Å². The summed E-state index contributed by atoms with van der Waals surface area (Å²) in [6.45, 7) is 12.6. The first-order valence-corrected chi connectivity index (χ1v) is 13.7. The van der Waals surface area contributed by atoms with Gasteiger partial charge in [0.1, 0.15) is 0 Å². The molecule has 0 aromatic heterocycles. The Bertz CT molecular complexity index is 781. The molecule has 34 heavy (non-hydrogen) atoms. The molecule has 0 aliphatic rings. The summed E-state index contributed by atoms with van der Waals surface area (Å²) in [6.07, 6.45) is 0. The van der Waals surface area contributed by atoms with E-state index in [4.69, 9.17) is 27.8 Å². The quantitative estimate of drug-likeness (QED) is 0.173. The SMILES string of the molecule is CC(P(=O)(O)OCOC(=O)C(C)(C)C)P(=O)(OCOC(=O)C(C)(C)C)OCOC(=O)C(C)(C)C. The molecule has 0 fully saturated rings. The van der Waals surface area contributed by atoms with Crippen LogP contribution in [0.2, 0.25) is 0 Å². The van der Waals surface area contributed by atoms with Crippen molar-refractivity contribution < 1.29 is 56.2 Å². The lowest BCUT2D eigenvalue weighted by molar-refractivity contribution is -0.162. The topological polar surface area (TPSA) is 161 Å². The first-order chi connectivity index (χ1) is 15.0. The fourth-order valence-corrected chi connectivity index (χ4v) is 5.01. The van der Waals surface area contributed by atoms with Gasteiger partial charge in [-0.05, 0) is 69.2 Å². The second kappa shape index (κ2) is 12.1. The number of ether oxygens (including phenoxy) is 3. The van der Waals surface area contributed by atoms with Gasteiger partial charge in [0.15, 0.2) is 5.40 Å². The number of rotatable bonds is 11. The Balaban J connectivity index is 5.44. The van der Waals surface area contributed by atoms with Crippen LogP contribution in [0.4, 0.5) is 0 Å². The molecule has 0 saturated carbocycles. The van der Waals surface area contributed by atoms with E-state index in [-0.39, 0.29) is 0 Å². The van der Waals surface area contributed by atoms with Gasteiger partial charge in [0, 0.05) is 0 Å². The standard InChI is InChI=1S/C20H38O12P2/c1-14(33(24,25)30-11-27-15(21)18(2,3)4)34(26,31-12-28-16(22)19(5,6)7)32-13-29-17(23)20(8,9)10/h14H,11-13H2,1-10H3,(H,24,25). The number of hydrogen-bond acceptors (Lipinski definition) is 11. The average Bonchev–Trinajstić information content (AvgIpc) is 2.64. The molecule has 0 aliphatic carbocycles. The van der Waals surface area contributed by atoms with Crippen molar-refractivity contribution >= 4 is 33.1 Å². The van der Waals surface area contributed by atoms with Crippen molar-refractivity contribution in [1.29, 1.82) is 0 Å². The third-order valence-corrected chi connectivity index (χ3v) is 9.03. The Hall–Kier alpha value is -1.29. The predicted octanol–water partition coefficient (Wildman–Crippen LogP) is 4.40. The van der Waals surface area contributed by atoms with Gasteiger partial charge in [-0.3, -0.25) is 37.1 Å². The highest BCUT2D eigenvalue weighted by atomic mass is 31.2. The number of esters is 3. The minimum Gasteiger partial charge on any atom is -0.438 e. The van der Waals surface area contributed by atoms with E-state index in [1.54, 1.807) is 62.3 Å². The van der Waals surface area contributed by atoms with Crippen LogP contribution in [-0.2, 0) is 51.3 Å². The summed E-state index contributed by atoms with van der Waals surface area (Å²) in [4.78, 5) is 46.0. The number of carbonyl (C=O) groups is 3. The Morgan fingerprint density at radius 1 is 0.647 bits per heavy atom. The highest BCUT2D eigenvalue weighted by Gasteiger charge is 2.47. The van der Waals surface area contributed by atoms with Crippen molar-refractivity contribution in [3.05, 3.63) is 0 Å². The van der Waals surface area contributed by atoms with Crippen LogP contribution in [0.1, 0.15) is 69.2 Å². The number of hydrogen-bond donors (Lipinski definition) is 1. The molecule has 2 unspecified atom stereocenters. The molecule has 0 amide bonds. The van der Waals surface area contributed by atoms with E-state index in [0.29, 0.717) is 0 Å². The van der Waals surface area contributed by atoms with Crippen LogP contribution >= 0.6 is 15.2 Å². The van der Waals surface area contributed by atoms with E-state index in [9.17, 15) is 28.4 Å². The van der Waals surface area contributed by atoms with Crippen molar-refractivity contribution in [3.63, 3.8) is 0 Å². The second-order valence-corrected chi connectivity index (χ2v) is 15.5. The zero-order chi connectivity index (χ0) is 27.2. The first-order valence-electron chi connectivity index (χ1n) is 10.4. The molecule has 12 nitrogen and oxygen atoms in total. The lowest BCUT2D eigenvalue weighted by Gasteiger charge is -2.27. The molecule has 0 rings (SSSR count). The molecule has 0 aromatic rings. The van der Waals surface area contributed by atoms with Gasteiger partial charge in [-0.1, -0.05) is 0 Å². The Kier molecular flexibility index (Phi) is 11.6. The van der Waals surface area contributed by atoms with Gasteiger partial charge in [-0.15, -0.1) is 0 Å². The summed E-state index contributed by atoms with van der Waals surface area (Å²) in [5.74, 6) is -2.08. The maximum absolute atomic E-state index is 13.3. The van der Waals surface area contributed by atoms with Crippen LogP contribution < -0.4 is 0 Å². The zero-order valence-electron chi connectivity index (χ0n) is 21.5. The zero-order valence-corrected chi connectivity index (χ0v) is 23.3. The Labute approximate surface area is 201 Å². The third-order valence-electron chi connectivity index (χ3n) is 4.04. The summed E-state index contributed by atoms with van der Waals surface area (Å²) < 4.78 is 55.6. The molecule has 200 valence electrons. The summed E-state index contributed by atoms with van der Waals surface area (Å²) in [6, 6.07) is 0. The van der Waals surface area contributed by atoms with Crippen LogP contribution in [0.5, 0.6) is 0 Å². The Morgan fingerprint density at radius 2 is 0.912 bits per heavy atom. The van der Waals surface area contributed by atoms with E-state index in [1.165, 1.54) is 0 Å². The summed E-state index contributed by atoms with van der Waals surface area (Å²) in [5.41, 5.74) is -2.67. The van der Waals surface area contributed by atoms with Crippen molar-refractivity contribution in [1.82, 2.24) is 0 Å². The van der Waals surface area contributed by atoms with E-state index in [1.807, 2.05) is 0 Å². The second-order valence-electron chi connectivity index (χ2n) is 10.5.